The normalized spacial score (nSPS) is 15.8. The van der Waals surface area contributed by atoms with Crippen LogP contribution in [-0.4, -0.2) is 17.0 Å². The summed E-state index contributed by atoms with van der Waals surface area (Å²) < 4.78 is 0. The lowest BCUT2D eigenvalue weighted by Gasteiger charge is -2.13. The topological polar surface area (TPSA) is 29.1 Å². The highest BCUT2D eigenvalue weighted by molar-refractivity contribution is 8.00. The second kappa shape index (κ2) is 7.05. The Morgan fingerprint density at radius 3 is 2.78 bits per heavy atom. The molecule has 0 unspecified atom stereocenters. The van der Waals surface area contributed by atoms with Crippen LogP contribution in [0, 0.1) is 0 Å². The molecule has 1 aromatic rings. The van der Waals surface area contributed by atoms with Gasteiger partial charge in [0.25, 0.3) is 0 Å². The number of hydrogen-bond donors (Lipinski definition) is 1. The number of carbonyl (C=O) groups excluding carboxylic acids is 1. The number of halogens is 1. The minimum atomic E-state index is -0.00975. The van der Waals surface area contributed by atoms with E-state index in [1.165, 1.54) is 30.6 Å². The number of hydrogen-bond acceptors (Lipinski definition) is 2. The molecule has 98 valence electrons. The molecule has 1 aliphatic rings. The lowest BCUT2D eigenvalue weighted by atomic mass is 10.3. The number of amides is 1. The highest BCUT2D eigenvalue weighted by Crippen LogP contribution is 2.37. The molecule has 0 spiro atoms. The molecule has 1 amide bonds. The Balaban J connectivity index is 2.02. The van der Waals surface area contributed by atoms with Gasteiger partial charge in [0.15, 0.2) is 0 Å². The van der Waals surface area contributed by atoms with Gasteiger partial charge in [0.2, 0.25) is 5.91 Å². The monoisotopic (exact) mass is 283 g/mol. The number of anilines is 1. The predicted octanol–water partition coefficient (Wildman–Crippen LogP) is 4.29. The first-order chi connectivity index (χ1) is 8.79. The van der Waals surface area contributed by atoms with E-state index in [-0.39, 0.29) is 5.91 Å². The number of para-hydroxylation sites is 1. The third-order valence-electron chi connectivity index (χ3n) is 3.08. The summed E-state index contributed by atoms with van der Waals surface area (Å²) in [5, 5.41) is 3.65. The van der Waals surface area contributed by atoms with Crippen molar-refractivity contribution in [1.29, 1.82) is 0 Å². The van der Waals surface area contributed by atoms with Crippen molar-refractivity contribution in [3.8, 4) is 0 Å². The van der Waals surface area contributed by atoms with Gasteiger partial charge in [0.05, 0.1) is 5.69 Å². The molecule has 1 fully saturated rings. The molecule has 2 nitrogen and oxygen atoms in total. The van der Waals surface area contributed by atoms with Crippen LogP contribution in [0.2, 0.25) is 0 Å². The summed E-state index contributed by atoms with van der Waals surface area (Å²) in [6, 6.07) is 8.02. The number of nitrogens with one attached hydrogen (secondary N) is 1. The Hall–Kier alpha value is -0.670. The average molecular weight is 284 g/mol. The molecule has 18 heavy (non-hydrogen) atoms. The van der Waals surface area contributed by atoms with Gasteiger partial charge in [-0.1, -0.05) is 25.0 Å². The maximum Gasteiger partial charge on any atom is 0.225 e. The van der Waals surface area contributed by atoms with E-state index in [1.54, 1.807) is 0 Å². The van der Waals surface area contributed by atoms with Crippen molar-refractivity contribution in [1.82, 2.24) is 0 Å². The summed E-state index contributed by atoms with van der Waals surface area (Å²) in [7, 11) is 0. The van der Waals surface area contributed by atoms with Crippen LogP contribution in [0.1, 0.15) is 32.1 Å². The first kappa shape index (κ1) is 13.8. The van der Waals surface area contributed by atoms with Gasteiger partial charge in [-0.15, -0.1) is 23.4 Å². The van der Waals surface area contributed by atoms with Crippen molar-refractivity contribution in [3.63, 3.8) is 0 Å². The number of benzene rings is 1. The molecule has 0 aromatic heterocycles. The molecule has 0 bridgehead atoms. The third kappa shape index (κ3) is 3.92. The summed E-state index contributed by atoms with van der Waals surface area (Å²) in [5.41, 5.74) is 0.921. The van der Waals surface area contributed by atoms with E-state index in [9.17, 15) is 4.79 Å². The molecule has 0 heterocycles. The Morgan fingerprint density at radius 1 is 1.33 bits per heavy atom. The van der Waals surface area contributed by atoms with Gasteiger partial charge in [-0.05, 0) is 25.0 Å². The van der Waals surface area contributed by atoms with Crippen LogP contribution >= 0.6 is 23.4 Å². The van der Waals surface area contributed by atoms with Crippen LogP contribution in [0.3, 0.4) is 0 Å². The first-order valence-corrected chi connectivity index (χ1v) is 7.82. The van der Waals surface area contributed by atoms with Crippen molar-refractivity contribution in [2.75, 3.05) is 11.2 Å². The smallest absolute Gasteiger partial charge is 0.225 e. The van der Waals surface area contributed by atoms with E-state index in [4.69, 9.17) is 11.6 Å². The molecule has 0 aliphatic heterocycles. The first-order valence-electron chi connectivity index (χ1n) is 6.41. The van der Waals surface area contributed by atoms with E-state index < -0.39 is 0 Å². The fraction of sp³-hybridized carbons (Fsp3) is 0.500. The van der Waals surface area contributed by atoms with Crippen LogP contribution < -0.4 is 5.32 Å². The lowest BCUT2D eigenvalue weighted by Crippen LogP contribution is -2.12. The minimum absolute atomic E-state index is 0.00975. The number of thioether (sulfide) groups is 1. The van der Waals surface area contributed by atoms with Crippen molar-refractivity contribution >= 4 is 35.0 Å². The highest BCUT2D eigenvalue weighted by Gasteiger charge is 2.17. The fourth-order valence-corrected chi connectivity index (χ4v) is 3.66. The van der Waals surface area contributed by atoms with E-state index in [1.807, 2.05) is 30.0 Å². The van der Waals surface area contributed by atoms with Crippen LogP contribution in [0.5, 0.6) is 0 Å². The molecule has 1 aliphatic carbocycles. The molecule has 4 heteroatoms. The van der Waals surface area contributed by atoms with Gasteiger partial charge in [-0.2, -0.15) is 0 Å². The fourth-order valence-electron chi connectivity index (χ4n) is 2.16. The molecule has 1 aromatic carbocycles. The van der Waals surface area contributed by atoms with E-state index >= 15 is 0 Å². The Labute approximate surface area is 117 Å². The van der Waals surface area contributed by atoms with Crippen molar-refractivity contribution < 1.29 is 4.79 Å². The van der Waals surface area contributed by atoms with Crippen LogP contribution in [-0.2, 0) is 4.79 Å². The van der Waals surface area contributed by atoms with Gasteiger partial charge in [-0.25, -0.2) is 0 Å². The molecular weight excluding hydrogens is 266 g/mol. The zero-order valence-electron chi connectivity index (χ0n) is 10.3. The molecule has 0 atom stereocenters. The van der Waals surface area contributed by atoms with Gasteiger partial charge in [0, 0.05) is 22.4 Å². The Bertz CT molecular complexity index is 405. The lowest BCUT2D eigenvalue weighted by molar-refractivity contribution is -0.115. The average Bonchev–Trinajstić information content (AvgIpc) is 2.85. The largest absolute Gasteiger partial charge is 0.325 e. The molecule has 1 saturated carbocycles. The SMILES string of the molecule is O=C(CCCl)Nc1ccccc1SC1CCCC1. The molecule has 2 rings (SSSR count). The maximum absolute atomic E-state index is 11.6. The van der Waals surface area contributed by atoms with E-state index in [2.05, 4.69) is 11.4 Å². The molecule has 1 N–H and O–H groups in total. The summed E-state index contributed by atoms with van der Waals surface area (Å²) in [6.45, 7) is 0. The van der Waals surface area contributed by atoms with E-state index in [0.717, 1.165) is 5.69 Å². The van der Waals surface area contributed by atoms with Crippen molar-refractivity contribution in [3.05, 3.63) is 24.3 Å². The predicted molar refractivity (Wildman–Crippen MR) is 78.5 cm³/mol. The summed E-state index contributed by atoms with van der Waals surface area (Å²) in [6.07, 6.45) is 5.60. The van der Waals surface area contributed by atoms with Crippen molar-refractivity contribution in [2.24, 2.45) is 0 Å². The maximum atomic E-state index is 11.6. The zero-order chi connectivity index (χ0) is 12.8. The molecule has 0 radical (unpaired) electrons. The van der Waals surface area contributed by atoms with Gasteiger partial charge in [-0.3, -0.25) is 4.79 Å². The summed E-state index contributed by atoms with van der Waals surface area (Å²) in [4.78, 5) is 12.8. The van der Waals surface area contributed by atoms with Crippen LogP contribution in [0.4, 0.5) is 5.69 Å². The van der Waals surface area contributed by atoms with Crippen LogP contribution in [0.15, 0.2) is 29.2 Å². The molecular formula is C14H18ClNOS. The minimum Gasteiger partial charge on any atom is -0.325 e. The highest BCUT2D eigenvalue weighted by atomic mass is 35.5. The summed E-state index contributed by atoms with van der Waals surface area (Å²) in [5.74, 6) is 0.355. The second-order valence-corrected chi connectivity index (χ2v) is 6.23. The van der Waals surface area contributed by atoms with Gasteiger partial charge >= 0.3 is 0 Å². The number of carbonyl (C=O) groups is 1. The van der Waals surface area contributed by atoms with Gasteiger partial charge < -0.3 is 5.32 Å². The number of rotatable bonds is 5. The number of alkyl halides is 1. The van der Waals surface area contributed by atoms with Crippen LogP contribution in [0.25, 0.3) is 0 Å². The third-order valence-corrected chi connectivity index (χ3v) is 4.68. The Kier molecular flexibility index (Phi) is 5.39. The summed E-state index contributed by atoms with van der Waals surface area (Å²) >= 11 is 7.46. The Morgan fingerprint density at radius 2 is 2.06 bits per heavy atom. The zero-order valence-corrected chi connectivity index (χ0v) is 11.9. The second-order valence-electron chi connectivity index (χ2n) is 4.51. The van der Waals surface area contributed by atoms with Gasteiger partial charge in [0.1, 0.15) is 0 Å². The quantitative estimate of drug-likeness (QED) is 0.817. The van der Waals surface area contributed by atoms with E-state index in [0.29, 0.717) is 17.6 Å². The van der Waals surface area contributed by atoms with Crippen molar-refractivity contribution in [2.45, 2.75) is 42.2 Å². The molecule has 0 saturated heterocycles. The standard InChI is InChI=1S/C14H18ClNOS/c15-10-9-14(17)16-12-7-3-4-8-13(12)18-11-5-1-2-6-11/h3-4,7-8,11H,1-2,5-6,9-10H2,(H,16,17).